The summed E-state index contributed by atoms with van der Waals surface area (Å²) in [5.74, 6) is 1.04. The minimum absolute atomic E-state index is 0.0195. The second kappa shape index (κ2) is 7.31. The van der Waals surface area contributed by atoms with Crippen molar-refractivity contribution in [3.05, 3.63) is 17.7 Å². The molecule has 0 unspecified atom stereocenters. The predicted molar refractivity (Wildman–Crippen MR) is 79.4 cm³/mol. The van der Waals surface area contributed by atoms with Gasteiger partial charge in [-0.3, -0.25) is 4.79 Å². The van der Waals surface area contributed by atoms with Crippen molar-refractivity contribution in [1.82, 2.24) is 0 Å². The van der Waals surface area contributed by atoms with Gasteiger partial charge in [0, 0.05) is 18.7 Å². The first kappa shape index (κ1) is 17.3. The fraction of sp³-hybridized carbons (Fsp3) is 0.500. The number of sulfone groups is 1. The van der Waals surface area contributed by atoms with E-state index < -0.39 is 9.84 Å². The third-order valence-corrected chi connectivity index (χ3v) is 3.96. The summed E-state index contributed by atoms with van der Waals surface area (Å²) >= 11 is 0. The molecule has 118 valence electrons. The number of Topliss-reactive ketones (excluding diaryl/α,β-unsaturated/α-hetero) is 1. The van der Waals surface area contributed by atoms with E-state index in [2.05, 4.69) is 0 Å². The Bertz CT molecular complexity index is 606. The monoisotopic (exact) mass is 316 g/mol. The van der Waals surface area contributed by atoms with Gasteiger partial charge >= 0.3 is 0 Å². The predicted octanol–water partition coefficient (Wildman–Crippen LogP) is 1.72. The molecule has 0 atom stereocenters. The molecule has 0 spiro atoms. The van der Waals surface area contributed by atoms with Crippen LogP contribution in [0.5, 0.6) is 17.2 Å². The molecule has 0 saturated carbocycles. The Balaban J connectivity index is 2.97. The Morgan fingerprint density at radius 1 is 1.00 bits per heavy atom. The Morgan fingerprint density at radius 3 is 2.00 bits per heavy atom. The molecule has 0 aromatic heterocycles. The van der Waals surface area contributed by atoms with Crippen LogP contribution in [0.3, 0.4) is 0 Å². The lowest BCUT2D eigenvalue weighted by Gasteiger charge is -2.13. The van der Waals surface area contributed by atoms with Crippen molar-refractivity contribution in [3.63, 3.8) is 0 Å². The molecule has 6 nitrogen and oxygen atoms in total. The zero-order chi connectivity index (χ0) is 16.0. The van der Waals surface area contributed by atoms with Crippen LogP contribution in [0.2, 0.25) is 0 Å². The van der Waals surface area contributed by atoms with Crippen LogP contribution in [0, 0.1) is 0 Å². The average Bonchev–Trinajstić information content (AvgIpc) is 2.44. The highest BCUT2D eigenvalue weighted by atomic mass is 32.2. The van der Waals surface area contributed by atoms with E-state index in [0.29, 0.717) is 22.8 Å². The van der Waals surface area contributed by atoms with E-state index in [9.17, 15) is 13.2 Å². The summed E-state index contributed by atoms with van der Waals surface area (Å²) in [5, 5.41) is 0. The van der Waals surface area contributed by atoms with Crippen molar-refractivity contribution in [3.8, 4) is 17.2 Å². The van der Waals surface area contributed by atoms with E-state index in [1.165, 1.54) is 21.3 Å². The van der Waals surface area contributed by atoms with Gasteiger partial charge in [-0.1, -0.05) is 0 Å². The number of carbonyl (C=O) groups excluding carboxylic acids is 1. The Kier molecular flexibility index (Phi) is 6.02. The van der Waals surface area contributed by atoms with Crippen LogP contribution in [-0.4, -0.2) is 47.5 Å². The second-order valence-electron chi connectivity index (χ2n) is 4.56. The van der Waals surface area contributed by atoms with Gasteiger partial charge in [0.2, 0.25) is 0 Å². The summed E-state index contributed by atoms with van der Waals surface area (Å²) in [6.45, 7) is 0. The SMILES string of the molecule is COc1cc(OC)c(C(=O)CCCS(C)(=O)=O)cc1OC. The van der Waals surface area contributed by atoms with Gasteiger partial charge in [0.1, 0.15) is 15.6 Å². The summed E-state index contributed by atoms with van der Waals surface area (Å²) in [5.41, 5.74) is 0.351. The third-order valence-electron chi connectivity index (χ3n) is 2.93. The highest BCUT2D eigenvalue weighted by Gasteiger charge is 2.18. The lowest BCUT2D eigenvalue weighted by Crippen LogP contribution is -2.08. The number of methoxy groups -OCH3 is 3. The van der Waals surface area contributed by atoms with Gasteiger partial charge in [-0.25, -0.2) is 8.42 Å². The topological polar surface area (TPSA) is 78.9 Å². The fourth-order valence-corrected chi connectivity index (χ4v) is 2.55. The summed E-state index contributed by atoms with van der Waals surface area (Å²) in [6, 6.07) is 3.11. The molecule has 0 bridgehead atoms. The Morgan fingerprint density at radius 2 is 1.52 bits per heavy atom. The number of hydrogen-bond acceptors (Lipinski definition) is 6. The zero-order valence-electron chi connectivity index (χ0n) is 12.6. The molecule has 7 heteroatoms. The molecule has 0 N–H and O–H groups in total. The zero-order valence-corrected chi connectivity index (χ0v) is 13.5. The van der Waals surface area contributed by atoms with Crippen molar-refractivity contribution >= 4 is 15.6 Å². The molecule has 0 aliphatic carbocycles. The van der Waals surface area contributed by atoms with Gasteiger partial charge in [0.25, 0.3) is 0 Å². The highest BCUT2D eigenvalue weighted by Crippen LogP contribution is 2.35. The smallest absolute Gasteiger partial charge is 0.166 e. The first-order valence-corrected chi connectivity index (χ1v) is 8.39. The third kappa shape index (κ3) is 4.93. The second-order valence-corrected chi connectivity index (χ2v) is 6.82. The van der Waals surface area contributed by atoms with Crippen LogP contribution in [0.4, 0.5) is 0 Å². The summed E-state index contributed by atoms with van der Waals surface area (Å²) in [6.07, 6.45) is 1.54. The first-order valence-electron chi connectivity index (χ1n) is 6.33. The van der Waals surface area contributed by atoms with Crippen molar-refractivity contribution in [1.29, 1.82) is 0 Å². The van der Waals surface area contributed by atoms with E-state index in [4.69, 9.17) is 14.2 Å². The molecule has 1 aromatic rings. The van der Waals surface area contributed by atoms with E-state index >= 15 is 0 Å². The van der Waals surface area contributed by atoms with Gasteiger partial charge in [-0.15, -0.1) is 0 Å². The van der Waals surface area contributed by atoms with Crippen LogP contribution in [0.1, 0.15) is 23.2 Å². The molecule has 1 aromatic carbocycles. The van der Waals surface area contributed by atoms with E-state index in [1.54, 1.807) is 12.1 Å². The molecule has 21 heavy (non-hydrogen) atoms. The van der Waals surface area contributed by atoms with E-state index in [0.717, 1.165) is 6.26 Å². The number of carbonyl (C=O) groups is 1. The van der Waals surface area contributed by atoms with Crippen LogP contribution in [-0.2, 0) is 9.84 Å². The number of ketones is 1. The van der Waals surface area contributed by atoms with Crippen molar-refractivity contribution in [2.45, 2.75) is 12.8 Å². The fourth-order valence-electron chi connectivity index (χ4n) is 1.88. The molecule has 0 fully saturated rings. The summed E-state index contributed by atoms with van der Waals surface area (Å²) < 4.78 is 37.6. The standard InChI is InChI=1S/C14H20O6S/c1-18-12-9-14(20-3)13(19-2)8-10(12)11(15)6-5-7-21(4,16)17/h8-9H,5-7H2,1-4H3. The van der Waals surface area contributed by atoms with Gasteiger partial charge in [0.05, 0.1) is 32.6 Å². The minimum Gasteiger partial charge on any atom is -0.496 e. The molecule has 0 saturated heterocycles. The summed E-state index contributed by atoms with van der Waals surface area (Å²) in [7, 11) is 1.35. The number of ether oxygens (including phenoxy) is 3. The lowest BCUT2D eigenvalue weighted by atomic mass is 10.0. The van der Waals surface area contributed by atoms with E-state index in [1.807, 2.05) is 0 Å². The number of benzene rings is 1. The average molecular weight is 316 g/mol. The van der Waals surface area contributed by atoms with Crippen molar-refractivity contribution in [2.75, 3.05) is 33.3 Å². The molecule has 0 radical (unpaired) electrons. The van der Waals surface area contributed by atoms with Crippen LogP contribution in [0.25, 0.3) is 0 Å². The highest BCUT2D eigenvalue weighted by molar-refractivity contribution is 7.90. The first-order chi connectivity index (χ1) is 9.82. The largest absolute Gasteiger partial charge is 0.496 e. The van der Waals surface area contributed by atoms with Gasteiger partial charge in [0.15, 0.2) is 17.3 Å². The van der Waals surface area contributed by atoms with Gasteiger partial charge in [-0.2, -0.15) is 0 Å². The Hall–Kier alpha value is -1.76. The minimum atomic E-state index is -3.07. The quantitative estimate of drug-likeness (QED) is 0.680. The van der Waals surface area contributed by atoms with Crippen molar-refractivity contribution < 1.29 is 27.4 Å². The van der Waals surface area contributed by atoms with Gasteiger partial charge < -0.3 is 14.2 Å². The number of hydrogen-bond donors (Lipinski definition) is 0. The molecular formula is C14H20O6S. The summed E-state index contributed by atoms with van der Waals surface area (Å²) in [4.78, 5) is 12.2. The maximum Gasteiger partial charge on any atom is 0.166 e. The van der Waals surface area contributed by atoms with E-state index in [-0.39, 0.29) is 24.4 Å². The van der Waals surface area contributed by atoms with Gasteiger partial charge in [-0.05, 0) is 12.5 Å². The number of rotatable bonds is 8. The van der Waals surface area contributed by atoms with Crippen LogP contribution in [0.15, 0.2) is 12.1 Å². The molecular weight excluding hydrogens is 296 g/mol. The lowest BCUT2D eigenvalue weighted by molar-refractivity contribution is 0.0978. The molecule has 0 aliphatic heterocycles. The van der Waals surface area contributed by atoms with Crippen LogP contribution >= 0.6 is 0 Å². The maximum atomic E-state index is 12.2. The maximum absolute atomic E-state index is 12.2. The molecule has 0 amide bonds. The van der Waals surface area contributed by atoms with Crippen LogP contribution < -0.4 is 14.2 Å². The van der Waals surface area contributed by atoms with Crippen molar-refractivity contribution in [2.24, 2.45) is 0 Å². The molecule has 0 heterocycles. The molecule has 0 aliphatic rings. The molecule has 1 rings (SSSR count). The Labute approximate surface area is 124 Å². The normalized spacial score (nSPS) is 11.0.